The van der Waals surface area contributed by atoms with Crippen LogP contribution in [-0.2, 0) is 6.61 Å². The molecule has 2 aromatic heterocycles. The smallest absolute Gasteiger partial charge is 0.182 e. The molecule has 0 aliphatic rings. The van der Waals surface area contributed by atoms with Crippen LogP contribution in [0.2, 0.25) is 0 Å². The van der Waals surface area contributed by atoms with Gasteiger partial charge in [-0.2, -0.15) is 5.26 Å². The fourth-order valence-electron chi connectivity index (χ4n) is 3.26. The zero-order valence-electron chi connectivity index (χ0n) is 16.2. The third-order valence-electron chi connectivity index (χ3n) is 4.88. The summed E-state index contributed by atoms with van der Waals surface area (Å²) in [5.74, 6) is 1.30. The van der Waals surface area contributed by atoms with E-state index in [9.17, 15) is 5.26 Å². The molecule has 0 N–H and O–H groups in total. The van der Waals surface area contributed by atoms with Gasteiger partial charge in [0.1, 0.15) is 18.4 Å². The first-order valence-corrected chi connectivity index (χ1v) is 9.19. The van der Waals surface area contributed by atoms with Gasteiger partial charge < -0.3 is 9.47 Å². The van der Waals surface area contributed by atoms with Gasteiger partial charge in [-0.3, -0.25) is 4.98 Å². The third-order valence-corrected chi connectivity index (χ3v) is 4.88. The number of aromatic nitrogens is 2. The number of hydrogen-bond donors (Lipinski definition) is 0. The van der Waals surface area contributed by atoms with Crippen LogP contribution >= 0.6 is 0 Å². The summed E-state index contributed by atoms with van der Waals surface area (Å²) in [6.07, 6.45) is 5.35. The maximum Gasteiger partial charge on any atom is 0.182 e. The number of methoxy groups -OCH3 is 1. The lowest BCUT2D eigenvalue weighted by molar-refractivity contribution is 0.301. The number of nitriles is 1. The minimum absolute atomic E-state index is 0.282. The Kier molecular flexibility index (Phi) is 5.08. The number of hydrogen-bond acceptors (Lipinski definition) is 5. The first kappa shape index (κ1) is 18.5. The summed E-state index contributed by atoms with van der Waals surface area (Å²) in [7, 11) is 1.63. The van der Waals surface area contributed by atoms with Crippen molar-refractivity contribution in [2.45, 2.75) is 13.5 Å². The number of benzene rings is 2. The second-order valence-electron chi connectivity index (χ2n) is 6.66. The molecule has 0 fully saturated rings. The third kappa shape index (κ3) is 3.74. The van der Waals surface area contributed by atoms with E-state index in [-0.39, 0.29) is 5.69 Å². The molecule has 0 radical (unpaired) electrons. The van der Waals surface area contributed by atoms with E-state index < -0.39 is 0 Å². The van der Waals surface area contributed by atoms with Gasteiger partial charge in [-0.05, 0) is 47.7 Å². The second-order valence-corrected chi connectivity index (χ2v) is 6.66. The second kappa shape index (κ2) is 7.99. The number of ether oxygens (including phenoxy) is 2. The Morgan fingerprint density at radius 3 is 2.59 bits per heavy atom. The molecule has 2 aromatic carbocycles. The number of fused-ring (bicyclic) bond motifs is 1. The summed E-state index contributed by atoms with van der Waals surface area (Å²) in [5.41, 5.74) is 4.11. The monoisotopic (exact) mass is 381 g/mol. The van der Waals surface area contributed by atoms with Crippen LogP contribution in [0.25, 0.3) is 21.9 Å². The Morgan fingerprint density at radius 2 is 1.83 bits per heavy atom. The molecule has 0 aliphatic carbocycles. The van der Waals surface area contributed by atoms with Gasteiger partial charge in [0.2, 0.25) is 0 Å². The summed E-state index contributed by atoms with van der Waals surface area (Å²) in [5, 5.41) is 11.7. The van der Waals surface area contributed by atoms with Crippen LogP contribution in [-0.4, -0.2) is 17.1 Å². The first-order chi connectivity index (χ1) is 14.2. The number of nitrogens with zero attached hydrogens (tertiary/aromatic N) is 3. The molecule has 0 saturated carbocycles. The van der Waals surface area contributed by atoms with E-state index in [2.05, 4.69) is 22.1 Å². The van der Waals surface area contributed by atoms with Crippen molar-refractivity contribution in [2.75, 3.05) is 7.11 Å². The minimum atomic E-state index is 0.282. The van der Waals surface area contributed by atoms with E-state index in [1.165, 1.54) is 0 Å². The molecule has 4 aromatic rings. The summed E-state index contributed by atoms with van der Waals surface area (Å²) >= 11 is 0. The van der Waals surface area contributed by atoms with Crippen molar-refractivity contribution in [2.24, 2.45) is 0 Å². The number of pyridine rings is 2. The summed E-state index contributed by atoms with van der Waals surface area (Å²) in [4.78, 5) is 8.49. The van der Waals surface area contributed by atoms with Gasteiger partial charge in [0.05, 0.1) is 7.11 Å². The molecular weight excluding hydrogens is 362 g/mol. The SMILES string of the molecule is COc1ccc(COc2c(C#N)ncc(-c3ccc4cnccc4c3)c2C)cc1. The van der Waals surface area contributed by atoms with Crippen molar-refractivity contribution < 1.29 is 9.47 Å². The van der Waals surface area contributed by atoms with Crippen molar-refractivity contribution in [3.8, 4) is 28.7 Å². The zero-order chi connectivity index (χ0) is 20.2. The van der Waals surface area contributed by atoms with E-state index in [0.29, 0.717) is 12.4 Å². The topological polar surface area (TPSA) is 68.0 Å². The van der Waals surface area contributed by atoms with E-state index in [0.717, 1.165) is 38.8 Å². The van der Waals surface area contributed by atoms with Crippen molar-refractivity contribution in [3.05, 3.63) is 83.9 Å². The maximum atomic E-state index is 9.50. The zero-order valence-corrected chi connectivity index (χ0v) is 16.2. The summed E-state index contributed by atoms with van der Waals surface area (Å²) < 4.78 is 11.2. The van der Waals surface area contributed by atoms with Gasteiger partial charge in [-0.15, -0.1) is 0 Å². The van der Waals surface area contributed by atoms with Crippen molar-refractivity contribution in [3.63, 3.8) is 0 Å². The molecule has 0 saturated heterocycles. The molecule has 142 valence electrons. The summed E-state index contributed by atoms with van der Waals surface area (Å²) in [6.45, 7) is 2.30. The summed E-state index contributed by atoms with van der Waals surface area (Å²) in [6, 6.07) is 17.9. The maximum absolute atomic E-state index is 9.50. The number of rotatable bonds is 5. The van der Waals surface area contributed by atoms with Crippen LogP contribution < -0.4 is 9.47 Å². The van der Waals surface area contributed by atoms with Crippen LogP contribution in [0, 0.1) is 18.3 Å². The van der Waals surface area contributed by atoms with Crippen LogP contribution in [0.3, 0.4) is 0 Å². The van der Waals surface area contributed by atoms with Crippen molar-refractivity contribution in [1.29, 1.82) is 5.26 Å². The molecule has 5 nitrogen and oxygen atoms in total. The van der Waals surface area contributed by atoms with E-state index >= 15 is 0 Å². The lowest BCUT2D eigenvalue weighted by atomic mass is 9.99. The van der Waals surface area contributed by atoms with Crippen molar-refractivity contribution >= 4 is 10.8 Å². The quantitative estimate of drug-likeness (QED) is 0.483. The highest BCUT2D eigenvalue weighted by Crippen LogP contribution is 2.33. The molecule has 0 unspecified atom stereocenters. The fraction of sp³-hybridized carbons (Fsp3) is 0.125. The molecule has 5 heteroatoms. The molecule has 0 aliphatic heterocycles. The van der Waals surface area contributed by atoms with Crippen LogP contribution in [0.5, 0.6) is 11.5 Å². The Hall–Kier alpha value is -3.91. The van der Waals surface area contributed by atoms with Gasteiger partial charge in [0, 0.05) is 35.1 Å². The highest BCUT2D eigenvalue weighted by atomic mass is 16.5. The van der Waals surface area contributed by atoms with E-state index in [1.807, 2.05) is 55.6 Å². The van der Waals surface area contributed by atoms with E-state index in [4.69, 9.17) is 9.47 Å². The lowest BCUT2D eigenvalue weighted by Gasteiger charge is -2.14. The predicted molar refractivity (Wildman–Crippen MR) is 112 cm³/mol. The molecule has 4 rings (SSSR count). The van der Waals surface area contributed by atoms with Gasteiger partial charge in [0.15, 0.2) is 11.4 Å². The molecule has 29 heavy (non-hydrogen) atoms. The highest BCUT2D eigenvalue weighted by Gasteiger charge is 2.15. The molecule has 0 spiro atoms. The first-order valence-electron chi connectivity index (χ1n) is 9.19. The Bertz CT molecular complexity index is 1210. The molecule has 2 heterocycles. The van der Waals surface area contributed by atoms with Crippen LogP contribution in [0.1, 0.15) is 16.8 Å². The standard InChI is InChI=1S/C24H19N3O2/c1-16-22(19-5-6-20-13-26-10-9-18(20)11-19)14-27-23(12-25)24(16)29-15-17-3-7-21(28-2)8-4-17/h3-11,13-14H,15H2,1-2H3. The van der Waals surface area contributed by atoms with Gasteiger partial charge >= 0.3 is 0 Å². The van der Waals surface area contributed by atoms with Gasteiger partial charge in [0.25, 0.3) is 0 Å². The van der Waals surface area contributed by atoms with Gasteiger partial charge in [-0.25, -0.2) is 4.98 Å². The fourth-order valence-corrected chi connectivity index (χ4v) is 3.26. The van der Waals surface area contributed by atoms with E-state index in [1.54, 1.807) is 19.5 Å². The van der Waals surface area contributed by atoms with Crippen LogP contribution in [0.15, 0.2) is 67.1 Å². The van der Waals surface area contributed by atoms with Crippen molar-refractivity contribution in [1.82, 2.24) is 9.97 Å². The lowest BCUT2D eigenvalue weighted by Crippen LogP contribution is -2.02. The Labute approximate surface area is 169 Å². The minimum Gasteiger partial charge on any atom is -0.497 e. The Balaban J connectivity index is 1.68. The largest absolute Gasteiger partial charge is 0.497 e. The average Bonchev–Trinajstić information content (AvgIpc) is 2.78. The molecule has 0 bridgehead atoms. The van der Waals surface area contributed by atoms with Gasteiger partial charge in [-0.1, -0.05) is 24.3 Å². The molecular formula is C24H19N3O2. The Morgan fingerprint density at radius 1 is 1.00 bits per heavy atom. The van der Waals surface area contributed by atoms with Crippen LogP contribution in [0.4, 0.5) is 0 Å². The highest BCUT2D eigenvalue weighted by molar-refractivity contribution is 5.87. The normalized spacial score (nSPS) is 10.5. The molecule has 0 atom stereocenters. The average molecular weight is 381 g/mol. The molecule has 0 amide bonds. The predicted octanol–water partition coefficient (Wildman–Crippen LogP) is 5.06.